The summed E-state index contributed by atoms with van der Waals surface area (Å²) in [4.78, 5) is 49.0. The van der Waals surface area contributed by atoms with Crippen molar-refractivity contribution in [3.8, 4) is 5.75 Å². The highest BCUT2D eigenvalue weighted by Gasteiger charge is 2.74. The number of fused-ring (bicyclic) bond motifs is 2. The van der Waals surface area contributed by atoms with Crippen LogP contribution in [0.5, 0.6) is 5.75 Å². The van der Waals surface area contributed by atoms with E-state index in [0.717, 1.165) is 5.52 Å². The number of likely N-dealkylation sites (tertiary alicyclic amines) is 1. The summed E-state index contributed by atoms with van der Waals surface area (Å²) in [7, 11) is 0. The average molecular weight is 659 g/mol. The zero-order chi connectivity index (χ0) is 33.3. The summed E-state index contributed by atoms with van der Waals surface area (Å²) in [5.41, 5.74) is 2.18. The number of rotatable bonds is 14. The lowest BCUT2D eigenvalue weighted by Crippen LogP contribution is -2.57. The summed E-state index contributed by atoms with van der Waals surface area (Å²) in [6.07, 6.45) is 5.13. The van der Waals surface area contributed by atoms with Crippen molar-refractivity contribution in [2.45, 2.75) is 61.9 Å². The molecule has 0 aliphatic carbocycles. The first kappa shape index (κ1) is 32.8. The van der Waals surface area contributed by atoms with E-state index in [4.69, 9.17) is 4.74 Å². The van der Waals surface area contributed by atoms with Gasteiger partial charge in [0, 0.05) is 24.0 Å². The topological polar surface area (TPSA) is 121 Å². The lowest BCUT2D eigenvalue weighted by atomic mass is 9.70. The predicted octanol–water partition coefficient (Wildman–Crippen LogP) is 3.88. The number of para-hydroxylation sites is 1. The Kier molecular flexibility index (Phi) is 9.43. The molecule has 2 aromatic carbocycles. The van der Waals surface area contributed by atoms with Crippen LogP contribution in [0.4, 0.5) is 5.69 Å². The second-order valence-corrected chi connectivity index (χ2v) is 13.9. The summed E-state index contributed by atoms with van der Waals surface area (Å²) < 4.78 is 6.46. The lowest BCUT2D eigenvalue weighted by Gasteiger charge is -2.39. The standard InChI is InChI=1S/C35H42N6O5S/c1-5-19-38(22-40-27-12-10-9-11-26(27)36-37-40)34(45)31-35-18-17-28(47-35)29(30(35)33(44)41(31)23(7-3)21-42)32(43)39(20-6-2)24-13-15-25(16-14-24)46-8-4/h5-6,9-16,23,28-31,42H,1-2,7-8,17-22H2,3-4H3/t23-,28+,29-,30-,31?,35?/m0/s1. The van der Waals surface area contributed by atoms with Crippen LogP contribution in [0.3, 0.4) is 0 Å². The third-order valence-electron chi connectivity index (χ3n) is 9.76. The Bertz CT molecular complexity index is 1660. The molecule has 6 atom stereocenters. The first-order valence-electron chi connectivity index (χ1n) is 16.3. The molecule has 1 N–H and O–H groups in total. The summed E-state index contributed by atoms with van der Waals surface area (Å²) in [6, 6.07) is 13.4. The van der Waals surface area contributed by atoms with Gasteiger partial charge in [-0.25, -0.2) is 4.68 Å². The SMILES string of the molecule is C=CCN(Cn1nnc2ccccc21)C(=O)C1N([C@@H](CC)CO)C(=O)[C@@H]2[C@@H](C(=O)N(CC=C)c3ccc(OCC)cc3)[C@H]3CCC12S3. The Labute approximate surface area is 279 Å². The van der Waals surface area contributed by atoms with E-state index >= 15 is 0 Å². The number of hydrogen-bond acceptors (Lipinski definition) is 8. The van der Waals surface area contributed by atoms with Crippen molar-refractivity contribution in [1.29, 1.82) is 0 Å². The number of thioether (sulfide) groups is 1. The van der Waals surface area contributed by atoms with Crippen LogP contribution in [-0.4, -0.2) is 96.0 Å². The Balaban J connectivity index is 1.37. The van der Waals surface area contributed by atoms with Gasteiger partial charge in [0.1, 0.15) is 24.0 Å². The van der Waals surface area contributed by atoms with E-state index in [0.29, 0.717) is 42.8 Å². The van der Waals surface area contributed by atoms with Gasteiger partial charge in [-0.3, -0.25) is 14.4 Å². The molecule has 0 saturated carbocycles. The lowest BCUT2D eigenvalue weighted by molar-refractivity contribution is -0.146. The van der Waals surface area contributed by atoms with E-state index in [1.165, 1.54) is 0 Å². The number of carbonyl (C=O) groups is 3. The van der Waals surface area contributed by atoms with Gasteiger partial charge >= 0.3 is 0 Å². The van der Waals surface area contributed by atoms with E-state index in [-0.39, 0.29) is 49.3 Å². The average Bonchev–Trinajstić information content (AvgIpc) is 3.84. The second-order valence-electron chi connectivity index (χ2n) is 12.3. The molecule has 3 amide bonds. The van der Waals surface area contributed by atoms with Crippen molar-refractivity contribution < 1.29 is 24.2 Å². The largest absolute Gasteiger partial charge is 0.494 e. The van der Waals surface area contributed by atoms with Crippen LogP contribution in [0.1, 0.15) is 33.1 Å². The number of carbonyl (C=O) groups excluding carboxylic acids is 3. The number of hydrogen-bond donors (Lipinski definition) is 1. The Morgan fingerprint density at radius 2 is 1.87 bits per heavy atom. The maximum atomic E-state index is 14.8. The monoisotopic (exact) mass is 658 g/mol. The number of amides is 3. The zero-order valence-corrected chi connectivity index (χ0v) is 27.7. The first-order chi connectivity index (χ1) is 22.8. The fourth-order valence-electron chi connectivity index (χ4n) is 7.71. The summed E-state index contributed by atoms with van der Waals surface area (Å²) in [5.74, 6) is -1.28. The molecule has 1 aromatic heterocycles. The van der Waals surface area contributed by atoms with Gasteiger partial charge in [0.25, 0.3) is 0 Å². The molecular formula is C35H42N6O5S. The highest BCUT2D eigenvalue weighted by Crippen LogP contribution is 2.67. The minimum atomic E-state index is -0.863. The fraction of sp³-hybridized carbons (Fsp3) is 0.457. The van der Waals surface area contributed by atoms with Gasteiger partial charge in [0.15, 0.2) is 0 Å². The quantitative estimate of drug-likeness (QED) is 0.259. The molecule has 0 radical (unpaired) electrons. The molecule has 2 unspecified atom stereocenters. The molecule has 12 heteroatoms. The van der Waals surface area contributed by atoms with Gasteiger partial charge in [-0.2, -0.15) is 0 Å². The Hall–Kier alpha value is -4.16. The second kappa shape index (κ2) is 13.5. The van der Waals surface area contributed by atoms with Gasteiger partial charge < -0.3 is 24.5 Å². The van der Waals surface area contributed by atoms with E-state index in [2.05, 4.69) is 23.5 Å². The minimum Gasteiger partial charge on any atom is -0.494 e. The maximum Gasteiger partial charge on any atom is 0.248 e. The van der Waals surface area contributed by atoms with Crippen molar-refractivity contribution >= 4 is 46.2 Å². The van der Waals surface area contributed by atoms with Gasteiger partial charge in [0.2, 0.25) is 17.7 Å². The van der Waals surface area contributed by atoms with Crippen LogP contribution < -0.4 is 9.64 Å². The van der Waals surface area contributed by atoms with E-state index in [1.807, 2.05) is 62.4 Å². The van der Waals surface area contributed by atoms with Crippen molar-refractivity contribution in [1.82, 2.24) is 24.8 Å². The van der Waals surface area contributed by atoms with Crippen LogP contribution >= 0.6 is 11.8 Å². The Morgan fingerprint density at radius 1 is 1.13 bits per heavy atom. The number of aliphatic hydroxyl groups is 1. The third kappa shape index (κ3) is 5.50. The van der Waals surface area contributed by atoms with Crippen LogP contribution in [0.25, 0.3) is 11.0 Å². The molecule has 2 bridgehead atoms. The van der Waals surface area contributed by atoms with Gasteiger partial charge in [-0.05, 0) is 62.6 Å². The van der Waals surface area contributed by atoms with Crippen LogP contribution in [0, 0.1) is 11.8 Å². The molecule has 11 nitrogen and oxygen atoms in total. The summed E-state index contributed by atoms with van der Waals surface area (Å²) in [6.45, 7) is 12.5. The molecule has 3 aromatic rings. The van der Waals surface area contributed by atoms with Gasteiger partial charge in [-0.1, -0.05) is 36.4 Å². The van der Waals surface area contributed by atoms with Crippen LogP contribution in [0.15, 0.2) is 73.8 Å². The molecular weight excluding hydrogens is 616 g/mol. The molecule has 3 aliphatic heterocycles. The molecule has 3 aliphatic rings. The molecule has 3 fully saturated rings. The van der Waals surface area contributed by atoms with Gasteiger partial charge in [-0.15, -0.1) is 30.0 Å². The molecule has 4 heterocycles. The summed E-state index contributed by atoms with van der Waals surface area (Å²) in [5, 5.41) is 18.9. The van der Waals surface area contributed by atoms with Crippen molar-refractivity contribution in [2.75, 3.05) is 31.2 Å². The molecule has 47 heavy (non-hydrogen) atoms. The normalized spacial score (nSPS) is 25.1. The smallest absolute Gasteiger partial charge is 0.248 e. The van der Waals surface area contributed by atoms with Crippen molar-refractivity contribution in [3.05, 3.63) is 73.8 Å². The minimum absolute atomic E-state index is 0.113. The van der Waals surface area contributed by atoms with E-state index < -0.39 is 28.7 Å². The Morgan fingerprint density at radius 3 is 2.55 bits per heavy atom. The van der Waals surface area contributed by atoms with Crippen LogP contribution in [0.2, 0.25) is 0 Å². The predicted molar refractivity (Wildman–Crippen MR) is 182 cm³/mol. The highest BCUT2D eigenvalue weighted by molar-refractivity contribution is 8.02. The molecule has 6 rings (SSSR count). The number of aliphatic hydroxyl groups excluding tert-OH is 1. The van der Waals surface area contributed by atoms with E-state index in [9.17, 15) is 19.5 Å². The van der Waals surface area contributed by atoms with Crippen molar-refractivity contribution in [2.24, 2.45) is 11.8 Å². The van der Waals surface area contributed by atoms with Crippen molar-refractivity contribution in [3.63, 3.8) is 0 Å². The number of ether oxygens (including phenoxy) is 1. The van der Waals surface area contributed by atoms with Gasteiger partial charge in [0.05, 0.1) is 41.4 Å². The highest BCUT2D eigenvalue weighted by atomic mass is 32.2. The van der Waals surface area contributed by atoms with E-state index in [1.54, 1.807) is 43.3 Å². The van der Waals surface area contributed by atoms with Crippen LogP contribution in [-0.2, 0) is 21.1 Å². The third-order valence-corrected chi connectivity index (χ3v) is 11.7. The summed E-state index contributed by atoms with van der Waals surface area (Å²) >= 11 is 1.61. The first-order valence-corrected chi connectivity index (χ1v) is 17.1. The zero-order valence-electron chi connectivity index (χ0n) is 26.9. The molecule has 3 saturated heterocycles. The number of anilines is 1. The number of nitrogens with zero attached hydrogens (tertiary/aromatic N) is 6. The number of benzene rings is 2. The maximum absolute atomic E-state index is 14.8. The molecule has 248 valence electrons. The fourth-order valence-corrected chi connectivity index (χ4v) is 9.90. The molecule has 1 spiro atoms. The number of aromatic nitrogens is 3.